The molecule has 7 heteroatoms. The summed E-state index contributed by atoms with van der Waals surface area (Å²) in [5.74, 6) is 0.499. The standard InChI is InChI=1S/C22H20N2O5/c25-19-9-8-17(21(26)23-19)24-12-16-13(4-1-6-15(16)22(24)27)14-5-2-7-18-20(14)29-11-3-10-28-18/h1-2,4-7,17H,3,8-12H2,(H,23,25,26). The van der Waals surface area contributed by atoms with E-state index in [1.807, 2.05) is 30.3 Å². The Kier molecular flexibility index (Phi) is 4.23. The molecule has 29 heavy (non-hydrogen) atoms. The Morgan fingerprint density at radius 3 is 2.55 bits per heavy atom. The Labute approximate surface area is 167 Å². The highest BCUT2D eigenvalue weighted by molar-refractivity contribution is 6.06. The molecule has 3 aliphatic rings. The summed E-state index contributed by atoms with van der Waals surface area (Å²) in [6, 6.07) is 10.7. The summed E-state index contributed by atoms with van der Waals surface area (Å²) in [5, 5.41) is 2.34. The molecule has 0 aromatic heterocycles. The lowest BCUT2D eigenvalue weighted by molar-refractivity contribution is -0.136. The smallest absolute Gasteiger partial charge is 0.255 e. The fourth-order valence-electron chi connectivity index (χ4n) is 4.24. The lowest BCUT2D eigenvalue weighted by Crippen LogP contribution is -2.52. The van der Waals surface area contributed by atoms with Crippen molar-refractivity contribution in [3.63, 3.8) is 0 Å². The van der Waals surface area contributed by atoms with Crippen molar-refractivity contribution >= 4 is 17.7 Å². The van der Waals surface area contributed by atoms with Crippen LogP contribution in [0.3, 0.4) is 0 Å². The Hall–Kier alpha value is -3.35. The number of piperidine rings is 1. The van der Waals surface area contributed by atoms with Crippen molar-refractivity contribution in [1.82, 2.24) is 10.2 Å². The number of fused-ring (bicyclic) bond motifs is 2. The number of imide groups is 1. The normalized spacial score (nSPS) is 20.9. The minimum absolute atomic E-state index is 0.185. The average Bonchev–Trinajstić information content (AvgIpc) is 2.90. The van der Waals surface area contributed by atoms with Gasteiger partial charge in [0, 0.05) is 30.5 Å². The molecule has 0 aliphatic carbocycles. The zero-order chi connectivity index (χ0) is 20.0. The fourth-order valence-corrected chi connectivity index (χ4v) is 4.24. The molecule has 1 unspecified atom stereocenters. The highest BCUT2D eigenvalue weighted by atomic mass is 16.5. The maximum Gasteiger partial charge on any atom is 0.255 e. The van der Waals surface area contributed by atoms with Gasteiger partial charge in [0.1, 0.15) is 6.04 Å². The second kappa shape index (κ2) is 6.92. The van der Waals surface area contributed by atoms with Crippen LogP contribution >= 0.6 is 0 Å². The van der Waals surface area contributed by atoms with E-state index in [0.717, 1.165) is 23.1 Å². The van der Waals surface area contributed by atoms with E-state index in [2.05, 4.69) is 5.32 Å². The highest BCUT2D eigenvalue weighted by Gasteiger charge is 2.40. The van der Waals surface area contributed by atoms with Gasteiger partial charge in [0.2, 0.25) is 11.8 Å². The third kappa shape index (κ3) is 2.93. The first-order valence-corrected chi connectivity index (χ1v) is 9.79. The van der Waals surface area contributed by atoms with Gasteiger partial charge in [0.15, 0.2) is 11.5 Å². The molecule has 2 aromatic rings. The van der Waals surface area contributed by atoms with Crippen LogP contribution in [0.4, 0.5) is 0 Å². The average molecular weight is 392 g/mol. The van der Waals surface area contributed by atoms with Gasteiger partial charge in [0.25, 0.3) is 5.91 Å². The summed E-state index contributed by atoms with van der Waals surface area (Å²) in [5.41, 5.74) is 3.22. The fraction of sp³-hybridized carbons (Fsp3) is 0.318. The first-order valence-electron chi connectivity index (χ1n) is 9.79. The van der Waals surface area contributed by atoms with E-state index < -0.39 is 11.9 Å². The number of para-hydroxylation sites is 1. The first kappa shape index (κ1) is 17.7. The van der Waals surface area contributed by atoms with Crippen LogP contribution in [0.1, 0.15) is 35.2 Å². The van der Waals surface area contributed by atoms with Crippen molar-refractivity contribution in [3.05, 3.63) is 47.5 Å². The largest absolute Gasteiger partial charge is 0.490 e. The molecule has 1 fully saturated rings. The predicted octanol–water partition coefficient (Wildman–Crippen LogP) is 2.28. The van der Waals surface area contributed by atoms with E-state index in [-0.39, 0.29) is 18.2 Å². The summed E-state index contributed by atoms with van der Waals surface area (Å²) in [7, 11) is 0. The van der Waals surface area contributed by atoms with E-state index >= 15 is 0 Å². The third-order valence-electron chi connectivity index (χ3n) is 5.64. The van der Waals surface area contributed by atoms with Gasteiger partial charge >= 0.3 is 0 Å². The van der Waals surface area contributed by atoms with Crippen LogP contribution in [0, 0.1) is 0 Å². The Balaban J connectivity index is 1.54. The molecule has 0 bridgehead atoms. The molecule has 1 saturated heterocycles. The molecule has 1 atom stereocenters. The highest BCUT2D eigenvalue weighted by Crippen LogP contribution is 2.43. The van der Waals surface area contributed by atoms with Crippen LogP contribution in [0.25, 0.3) is 11.1 Å². The number of nitrogens with zero attached hydrogens (tertiary/aromatic N) is 1. The van der Waals surface area contributed by atoms with Gasteiger partial charge in [-0.05, 0) is 29.7 Å². The van der Waals surface area contributed by atoms with Crippen LogP contribution in [-0.2, 0) is 16.1 Å². The van der Waals surface area contributed by atoms with E-state index in [9.17, 15) is 14.4 Å². The molecule has 0 spiro atoms. The van der Waals surface area contributed by atoms with Crippen molar-refractivity contribution < 1.29 is 23.9 Å². The van der Waals surface area contributed by atoms with Gasteiger partial charge in [-0.15, -0.1) is 0 Å². The molecule has 7 nitrogen and oxygen atoms in total. The van der Waals surface area contributed by atoms with Gasteiger partial charge in [-0.3, -0.25) is 19.7 Å². The summed E-state index contributed by atoms with van der Waals surface area (Å²) in [6.07, 6.45) is 1.39. The molecule has 3 heterocycles. The second-order valence-corrected chi connectivity index (χ2v) is 7.41. The monoisotopic (exact) mass is 392 g/mol. The Morgan fingerprint density at radius 1 is 0.931 bits per heavy atom. The van der Waals surface area contributed by atoms with Gasteiger partial charge in [-0.2, -0.15) is 0 Å². The van der Waals surface area contributed by atoms with Crippen LogP contribution in [0.2, 0.25) is 0 Å². The van der Waals surface area contributed by atoms with Crippen molar-refractivity contribution in [1.29, 1.82) is 0 Å². The lowest BCUT2D eigenvalue weighted by atomic mass is 9.96. The number of ether oxygens (including phenoxy) is 2. The molecular formula is C22H20N2O5. The van der Waals surface area contributed by atoms with Gasteiger partial charge in [0.05, 0.1) is 13.2 Å². The number of amides is 3. The SMILES string of the molecule is O=C1CCC(N2Cc3c(cccc3-c3cccc4c3OCCCO4)C2=O)C(=O)N1. The number of carbonyl (C=O) groups is 3. The maximum absolute atomic E-state index is 13.1. The molecule has 5 rings (SSSR count). The minimum atomic E-state index is -0.632. The van der Waals surface area contributed by atoms with Crippen molar-refractivity contribution in [2.24, 2.45) is 0 Å². The van der Waals surface area contributed by atoms with Crippen molar-refractivity contribution in [2.75, 3.05) is 13.2 Å². The minimum Gasteiger partial charge on any atom is -0.490 e. The molecule has 3 aliphatic heterocycles. The third-order valence-corrected chi connectivity index (χ3v) is 5.64. The zero-order valence-corrected chi connectivity index (χ0v) is 15.8. The number of hydrogen-bond donors (Lipinski definition) is 1. The molecule has 0 radical (unpaired) electrons. The predicted molar refractivity (Wildman–Crippen MR) is 104 cm³/mol. The Morgan fingerprint density at radius 2 is 1.69 bits per heavy atom. The quantitative estimate of drug-likeness (QED) is 0.793. The van der Waals surface area contributed by atoms with Crippen LogP contribution < -0.4 is 14.8 Å². The van der Waals surface area contributed by atoms with E-state index in [1.54, 1.807) is 11.0 Å². The molecular weight excluding hydrogens is 372 g/mol. The number of benzene rings is 2. The van der Waals surface area contributed by atoms with Crippen LogP contribution in [-0.4, -0.2) is 41.9 Å². The van der Waals surface area contributed by atoms with E-state index in [0.29, 0.717) is 43.2 Å². The second-order valence-electron chi connectivity index (χ2n) is 7.41. The molecule has 2 aromatic carbocycles. The molecule has 148 valence electrons. The molecule has 3 amide bonds. The van der Waals surface area contributed by atoms with Gasteiger partial charge in [-0.1, -0.05) is 24.3 Å². The van der Waals surface area contributed by atoms with Crippen molar-refractivity contribution in [2.45, 2.75) is 31.8 Å². The van der Waals surface area contributed by atoms with E-state index in [1.165, 1.54) is 0 Å². The van der Waals surface area contributed by atoms with Gasteiger partial charge < -0.3 is 14.4 Å². The van der Waals surface area contributed by atoms with Gasteiger partial charge in [-0.25, -0.2) is 0 Å². The van der Waals surface area contributed by atoms with Crippen molar-refractivity contribution in [3.8, 4) is 22.6 Å². The van der Waals surface area contributed by atoms with Crippen LogP contribution in [0.15, 0.2) is 36.4 Å². The number of carbonyl (C=O) groups excluding carboxylic acids is 3. The lowest BCUT2D eigenvalue weighted by Gasteiger charge is -2.29. The maximum atomic E-state index is 13.1. The molecule has 0 saturated carbocycles. The summed E-state index contributed by atoms with van der Waals surface area (Å²) >= 11 is 0. The number of hydrogen-bond acceptors (Lipinski definition) is 5. The topological polar surface area (TPSA) is 84.9 Å². The number of rotatable bonds is 2. The van der Waals surface area contributed by atoms with Crippen LogP contribution in [0.5, 0.6) is 11.5 Å². The zero-order valence-electron chi connectivity index (χ0n) is 15.8. The summed E-state index contributed by atoms with van der Waals surface area (Å²) < 4.78 is 11.8. The summed E-state index contributed by atoms with van der Waals surface area (Å²) in [4.78, 5) is 38.4. The number of nitrogens with one attached hydrogen (secondary N) is 1. The summed E-state index contributed by atoms with van der Waals surface area (Å²) in [6.45, 7) is 1.49. The molecule has 1 N–H and O–H groups in total. The Bertz CT molecular complexity index is 1030. The first-order chi connectivity index (χ1) is 14.1. The van der Waals surface area contributed by atoms with E-state index in [4.69, 9.17) is 9.47 Å².